The van der Waals surface area contributed by atoms with Crippen molar-refractivity contribution >= 4 is 24.1 Å². The number of aryl methyl sites for hydroxylation is 1. The van der Waals surface area contributed by atoms with Crippen LogP contribution in [0.25, 0.3) is 0 Å². The second-order valence-corrected chi connectivity index (χ2v) is 6.62. The molecule has 4 rings (SSSR count). The van der Waals surface area contributed by atoms with Gasteiger partial charge in [-0.1, -0.05) is 12.1 Å². The molecule has 0 radical (unpaired) electrons. The molecule has 3 aromatic rings. The fraction of sp³-hybridized carbons (Fsp3) is 0.250. The van der Waals surface area contributed by atoms with E-state index in [1.165, 1.54) is 0 Å². The molecule has 1 saturated heterocycles. The van der Waals surface area contributed by atoms with Crippen molar-refractivity contribution < 1.29 is 9.59 Å². The first-order chi connectivity index (χ1) is 13.1. The van der Waals surface area contributed by atoms with Crippen LogP contribution in [0.5, 0.6) is 0 Å². The number of carbonyl (C=O) groups excluding carboxylic acids is 2. The molecule has 7 nitrogen and oxygen atoms in total. The summed E-state index contributed by atoms with van der Waals surface area (Å²) in [6.07, 6.45) is 7.01. The Hall–Kier alpha value is -2.90. The molecule has 0 saturated carbocycles. The lowest BCUT2D eigenvalue weighted by Crippen LogP contribution is -2.49. The molecule has 146 valence electrons. The van der Waals surface area contributed by atoms with Gasteiger partial charge in [-0.25, -0.2) is 4.98 Å². The van der Waals surface area contributed by atoms with Gasteiger partial charge in [0.25, 0.3) is 5.91 Å². The maximum atomic E-state index is 13.1. The molecule has 1 fully saturated rings. The number of imidazole rings is 1. The first kappa shape index (κ1) is 19.9. The molecule has 1 aliphatic heterocycles. The first-order valence-electron chi connectivity index (χ1n) is 8.91. The highest BCUT2D eigenvalue weighted by Crippen LogP contribution is 2.23. The van der Waals surface area contributed by atoms with Crippen molar-refractivity contribution in [3.63, 3.8) is 0 Å². The van der Waals surface area contributed by atoms with Gasteiger partial charge in [-0.15, -0.1) is 12.4 Å². The van der Waals surface area contributed by atoms with Gasteiger partial charge in [-0.3, -0.25) is 9.59 Å². The summed E-state index contributed by atoms with van der Waals surface area (Å²) in [5.41, 5.74) is 1.74. The Balaban J connectivity index is 0.00000225. The number of amides is 1. The second kappa shape index (κ2) is 8.41. The number of rotatable bonds is 4. The van der Waals surface area contributed by atoms with Gasteiger partial charge < -0.3 is 19.8 Å². The molecule has 2 aromatic heterocycles. The molecule has 3 heterocycles. The van der Waals surface area contributed by atoms with Crippen LogP contribution in [0.4, 0.5) is 0 Å². The van der Waals surface area contributed by atoms with Crippen molar-refractivity contribution in [3.05, 3.63) is 77.6 Å². The van der Waals surface area contributed by atoms with Gasteiger partial charge in [-0.05, 0) is 18.2 Å². The molecule has 1 amide bonds. The van der Waals surface area contributed by atoms with Crippen molar-refractivity contribution in [2.45, 2.75) is 6.04 Å². The molecular formula is C20H22ClN5O2. The zero-order valence-electron chi connectivity index (χ0n) is 15.5. The highest BCUT2D eigenvalue weighted by atomic mass is 35.5. The number of benzene rings is 1. The van der Waals surface area contributed by atoms with Crippen LogP contribution in [0.15, 0.2) is 55.1 Å². The Labute approximate surface area is 169 Å². The quantitative estimate of drug-likeness (QED) is 0.659. The lowest BCUT2D eigenvalue weighted by Gasteiger charge is -2.35. The average molecular weight is 400 g/mol. The molecule has 8 heteroatoms. The van der Waals surface area contributed by atoms with Crippen LogP contribution >= 0.6 is 12.4 Å². The van der Waals surface area contributed by atoms with E-state index < -0.39 is 0 Å². The number of piperazine rings is 1. The summed E-state index contributed by atoms with van der Waals surface area (Å²) in [6.45, 7) is 2.03. The van der Waals surface area contributed by atoms with Crippen molar-refractivity contribution in [1.29, 1.82) is 0 Å². The molecule has 0 aliphatic carbocycles. The maximum Gasteiger partial charge on any atom is 0.254 e. The summed E-state index contributed by atoms with van der Waals surface area (Å²) in [4.78, 5) is 34.6. The number of H-pyrrole nitrogens is 1. The smallest absolute Gasteiger partial charge is 0.254 e. The van der Waals surface area contributed by atoms with Crippen LogP contribution in [-0.4, -0.2) is 50.8 Å². The topological polar surface area (TPSA) is 83.0 Å². The van der Waals surface area contributed by atoms with Crippen molar-refractivity contribution in [2.75, 3.05) is 19.6 Å². The van der Waals surface area contributed by atoms with E-state index in [-0.39, 0.29) is 30.1 Å². The molecule has 28 heavy (non-hydrogen) atoms. The lowest BCUT2D eigenvalue weighted by molar-refractivity contribution is 0.0620. The largest absolute Gasteiger partial charge is 0.367 e. The number of ketones is 1. The molecule has 1 aliphatic rings. The van der Waals surface area contributed by atoms with Gasteiger partial charge in [-0.2, -0.15) is 0 Å². The summed E-state index contributed by atoms with van der Waals surface area (Å²) in [5.74, 6) is 0.739. The normalized spacial score (nSPS) is 16.5. The zero-order chi connectivity index (χ0) is 18.8. The van der Waals surface area contributed by atoms with Crippen molar-refractivity contribution in [2.24, 2.45) is 7.05 Å². The molecule has 0 bridgehead atoms. The molecule has 1 aromatic carbocycles. The summed E-state index contributed by atoms with van der Waals surface area (Å²) in [5, 5.41) is 3.33. The fourth-order valence-electron chi connectivity index (χ4n) is 3.44. The Morgan fingerprint density at radius 2 is 1.86 bits per heavy atom. The third-order valence-corrected chi connectivity index (χ3v) is 4.91. The Kier molecular flexibility index (Phi) is 5.96. The van der Waals surface area contributed by atoms with Gasteiger partial charge in [0.15, 0.2) is 5.78 Å². The number of hydrogen-bond acceptors (Lipinski definition) is 4. The summed E-state index contributed by atoms with van der Waals surface area (Å²) in [7, 11) is 1.93. The van der Waals surface area contributed by atoms with Gasteiger partial charge >= 0.3 is 0 Å². The third kappa shape index (κ3) is 3.72. The van der Waals surface area contributed by atoms with Crippen molar-refractivity contribution in [1.82, 2.24) is 24.8 Å². The van der Waals surface area contributed by atoms with Gasteiger partial charge in [0, 0.05) is 68.2 Å². The standard InChI is InChI=1S/C20H21N5O2.ClH/c1-24-10-9-23-19(24)17-13-22-8-11-25(17)20(27)15-4-2-14(3-5-15)18(26)16-6-7-21-12-16;/h2-7,9-10,12,17,21-22H,8,11,13H2,1H3;1H. The number of nitrogens with one attached hydrogen (secondary N) is 2. The number of aromatic nitrogens is 3. The van der Waals surface area contributed by atoms with Gasteiger partial charge in [0.2, 0.25) is 0 Å². The fourth-order valence-corrected chi connectivity index (χ4v) is 3.44. The van der Waals surface area contributed by atoms with E-state index in [1.54, 1.807) is 48.9 Å². The van der Waals surface area contributed by atoms with Gasteiger partial charge in [0.05, 0.1) is 0 Å². The van der Waals surface area contributed by atoms with E-state index in [2.05, 4.69) is 15.3 Å². The number of nitrogens with zero attached hydrogens (tertiary/aromatic N) is 3. The third-order valence-electron chi connectivity index (χ3n) is 4.91. The molecule has 2 N–H and O–H groups in total. The number of hydrogen-bond donors (Lipinski definition) is 2. The second-order valence-electron chi connectivity index (χ2n) is 6.62. The van der Waals surface area contributed by atoms with E-state index in [0.29, 0.717) is 29.8 Å². The van der Waals surface area contributed by atoms with Crippen LogP contribution in [0.3, 0.4) is 0 Å². The predicted octanol–water partition coefficient (Wildman–Crippen LogP) is 2.19. The maximum absolute atomic E-state index is 13.1. The summed E-state index contributed by atoms with van der Waals surface area (Å²) in [6, 6.07) is 8.48. The zero-order valence-corrected chi connectivity index (χ0v) is 16.3. The van der Waals surface area contributed by atoms with E-state index in [0.717, 1.165) is 12.4 Å². The van der Waals surface area contributed by atoms with E-state index >= 15 is 0 Å². The Bertz CT molecular complexity index is 949. The lowest BCUT2D eigenvalue weighted by atomic mass is 10.0. The van der Waals surface area contributed by atoms with Crippen LogP contribution in [0.1, 0.15) is 38.1 Å². The van der Waals surface area contributed by atoms with E-state index in [4.69, 9.17) is 0 Å². The summed E-state index contributed by atoms with van der Waals surface area (Å²) < 4.78 is 1.94. The highest BCUT2D eigenvalue weighted by molar-refractivity contribution is 6.09. The van der Waals surface area contributed by atoms with Crippen molar-refractivity contribution in [3.8, 4) is 0 Å². The Morgan fingerprint density at radius 3 is 2.50 bits per heavy atom. The monoisotopic (exact) mass is 399 g/mol. The minimum absolute atomic E-state index is 0. The number of carbonyl (C=O) groups is 2. The van der Waals surface area contributed by atoms with Crippen LogP contribution in [0.2, 0.25) is 0 Å². The van der Waals surface area contributed by atoms with Crippen LogP contribution in [0, 0.1) is 0 Å². The molecule has 1 unspecified atom stereocenters. The number of aromatic amines is 1. The summed E-state index contributed by atoms with van der Waals surface area (Å²) >= 11 is 0. The SMILES string of the molecule is Cl.Cn1ccnc1C1CNCCN1C(=O)c1ccc(C(=O)c2cc[nH]c2)cc1. The highest BCUT2D eigenvalue weighted by Gasteiger charge is 2.31. The Morgan fingerprint density at radius 1 is 1.11 bits per heavy atom. The van der Waals surface area contributed by atoms with Crippen LogP contribution in [-0.2, 0) is 7.05 Å². The molecular weight excluding hydrogens is 378 g/mol. The predicted molar refractivity (Wildman–Crippen MR) is 108 cm³/mol. The molecule has 1 atom stereocenters. The average Bonchev–Trinajstić information content (AvgIpc) is 3.39. The number of halogens is 1. The van der Waals surface area contributed by atoms with E-state index in [1.807, 2.05) is 22.7 Å². The van der Waals surface area contributed by atoms with E-state index in [9.17, 15) is 9.59 Å². The molecule has 0 spiro atoms. The first-order valence-corrected chi connectivity index (χ1v) is 8.91. The minimum Gasteiger partial charge on any atom is -0.367 e. The minimum atomic E-state index is -0.118. The van der Waals surface area contributed by atoms with Gasteiger partial charge in [0.1, 0.15) is 11.9 Å². The van der Waals surface area contributed by atoms with Crippen LogP contribution < -0.4 is 5.32 Å².